The van der Waals surface area contributed by atoms with Gasteiger partial charge in [-0.2, -0.15) is 0 Å². The first-order chi connectivity index (χ1) is 6.77. The molecule has 0 N–H and O–H groups in total. The fourth-order valence-electron chi connectivity index (χ4n) is 1.65. The van der Waals surface area contributed by atoms with Gasteiger partial charge in [0.15, 0.2) is 0 Å². The molecule has 0 aliphatic rings. The molecule has 0 unspecified atom stereocenters. The SMILES string of the molecule is C/C=c1\c(=C/C)oc2cccc(Br)c12. The molecule has 2 aromatic rings. The quantitative estimate of drug-likeness (QED) is 0.701. The molecular weight excluding hydrogens is 240 g/mol. The zero-order valence-corrected chi connectivity index (χ0v) is 9.76. The van der Waals surface area contributed by atoms with Gasteiger partial charge in [-0.1, -0.05) is 28.1 Å². The van der Waals surface area contributed by atoms with Crippen LogP contribution in [0.5, 0.6) is 0 Å². The first kappa shape index (κ1) is 9.53. The van der Waals surface area contributed by atoms with Crippen LogP contribution in [-0.2, 0) is 0 Å². The van der Waals surface area contributed by atoms with Gasteiger partial charge in [0.1, 0.15) is 11.0 Å². The summed E-state index contributed by atoms with van der Waals surface area (Å²) in [4.78, 5) is 0. The molecule has 2 heteroatoms. The van der Waals surface area contributed by atoms with Crippen LogP contribution in [0.4, 0.5) is 0 Å². The zero-order valence-electron chi connectivity index (χ0n) is 8.17. The third-order valence-electron chi connectivity index (χ3n) is 2.28. The van der Waals surface area contributed by atoms with Crippen molar-refractivity contribution in [1.82, 2.24) is 0 Å². The summed E-state index contributed by atoms with van der Waals surface area (Å²) in [5.74, 6) is 0. The third kappa shape index (κ3) is 1.30. The summed E-state index contributed by atoms with van der Waals surface area (Å²) in [6.07, 6.45) is 4.06. The summed E-state index contributed by atoms with van der Waals surface area (Å²) in [5.41, 5.74) is 1.87. The molecule has 1 heterocycles. The van der Waals surface area contributed by atoms with E-state index in [1.807, 2.05) is 38.1 Å². The van der Waals surface area contributed by atoms with Gasteiger partial charge in [-0.15, -0.1) is 0 Å². The number of hydrogen-bond acceptors (Lipinski definition) is 1. The molecule has 0 atom stereocenters. The van der Waals surface area contributed by atoms with Gasteiger partial charge in [0.25, 0.3) is 0 Å². The second-order valence-electron chi connectivity index (χ2n) is 3.07. The second-order valence-corrected chi connectivity index (χ2v) is 3.92. The van der Waals surface area contributed by atoms with Gasteiger partial charge in [-0.3, -0.25) is 0 Å². The average Bonchev–Trinajstić information content (AvgIpc) is 2.56. The maximum absolute atomic E-state index is 5.70. The molecule has 0 saturated carbocycles. The van der Waals surface area contributed by atoms with Gasteiger partial charge in [0.05, 0.1) is 0 Å². The molecule has 0 amide bonds. The van der Waals surface area contributed by atoms with Gasteiger partial charge in [0, 0.05) is 15.1 Å². The molecule has 0 aliphatic carbocycles. The highest BCUT2D eigenvalue weighted by molar-refractivity contribution is 9.10. The highest BCUT2D eigenvalue weighted by Crippen LogP contribution is 2.19. The van der Waals surface area contributed by atoms with E-state index in [9.17, 15) is 0 Å². The highest BCUT2D eigenvalue weighted by atomic mass is 79.9. The van der Waals surface area contributed by atoms with Gasteiger partial charge in [-0.05, 0) is 32.1 Å². The van der Waals surface area contributed by atoms with Crippen molar-refractivity contribution in [3.05, 3.63) is 33.3 Å². The van der Waals surface area contributed by atoms with Crippen LogP contribution in [-0.4, -0.2) is 0 Å². The lowest BCUT2D eigenvalue weighted by Gasteiger charge is -1.90. The van der Waals surface area contributed by atoms with E-state index < -0.39 is 0 Å². The molecule has 72 valence electrons. The predicted molar refractivity (Wildman–Crippen MR) is 63.4 cm³/mol. The monoisotopic (exact) mass is 250 g/mol. The Bertz CT molecular complexity index is 578. The smallest absolute Gasteiger partial charge is 0.136 e. The summed E-state index contributed by atoms with van der Waals surface area (Å²) in [6.45, 7) is 4.01. The van der Waals surface area contributed by atoms with Gasteiger partial charge in [0.2, 0.25) is 0 Å². The number of hydrogen-bond donors (Lipinski definition) is 0. The molecule has 1 aromatic carbocycles. The van der Waals surface area contributed by atoms with Crippen molar-refractivity contribution in [2.24, 2.45) is 0 Å². The van der Waals surface area contributed by atoms with Crippen LogP contribution in [0.2, 0.25) is 0 Å². The minimum absolute atomic E-state index is 0.931. The summed E-state index contributed by atoms with van der Waals surface area (Å²) in [5, 5.41) is 2.32. The normalized spacial score (nSPS) is 14.2. The highest BCUT2D eigenvalue weighted by Gasteiger charge is 2.04. The Morgan fingerprint density at radius 3 is 2.64 bits per heavy atom. The number of benzene rings is 1. The van der Waals surface area contributed by atoms with E-state index in [2.05, 4.69) is 22.0 Å². The minimum atomic E-state index is 0.931. The van der Waals surface area contributed by atoms with Crippen molar-refractivity contribution in [2.75, 3.05) is 0 Å². The first-order valence-corrected chi connectivity index (χ1v) is 5.37. The van der Waals surface area contributed by atoms with Crippen LogP contribution in [0, 0.1) is 0 Å². The molecule has 0 saturated heterocycles. The zero-order chi connectivity index (χ0) is 10.1. The van der Waals surface area contributed by atoms with Crippen molar-refractivity contribution < 1.29 is 4.42 Å². The van der Waals surface area contributed by atoms with Gasteiger partial charge >= 0.3 is 0 Å². The van der Waals surface area contributed by atoms with Crippen molar-refractivity contribution in [3.63, 3.8) is 0 Å². The van der Waals surface area contributed by atoms with E-state index >= 15 is 0 Å². The lowest BCUT2D eigenvalue weighted by molar-refractivity contribution is 0.575. The molecule has 0 fully saturated rings. The Balaban J connectivity index is 3.13. The van der Waals surface area contributed by atoms with Crippen LogP contribution >= 0.6 is 15.9 Å². The Hall–Kier alpha value is -1.02. The van der Waals surface area contributed by atoms with Crippen LogP contribution in [0.1, 0.15) is 13.8 Å². The van der Waals surface area contributed by atoms with Crippen molar-refractivity contribution in [2.45, 2.75) is 13.8 Å². The lowest BCUT2D eigenvalue weighted by atomic mass is 10.2. The average molecular weight is 251 g/mol. The largest absolute Gasteiger partial charge is 0.456 e. The predicted octanol–water partition coefficient (Wildman–Crippen LogP) is 2.80. The van der Waals surface area contributed by atoms with E-state index in [0.717, 1.165) is 26.1 Å². The van der Waals surface area contributed by atoms with Crippen LogP contribution in [0.25, 0.3) is 23.1 Å². The lowest BCUT2D eigenvalue weighted by Crippen LogP contribution is -2.18. The standard InChI is InChI=1S/C12H11BrO/c1-3-8-10(4-2)14-11-7-5-6-9(13)12(8)11/h3-7H,1-2H3/b8-3+,10-4+. The Labute approximate surface area is 90.9 Å². The Morgan fingerprint density at radius 2 is 2.00 bits per heavy atom. The number of furan rings is 1. The third-order valence-corrected chi connectivity index (χ3v) is 2.94. The molecular formula is C12H11BrO. The summed E-state index contributed by atoms with van der Waals surface area (Å²) < 4.78 is 6.79. The van der Waals surface area contributed by atoms with E-state index in [1.165, 1.54) is 0 Å². The topological polar surface area (TPSA) is 13.1 Å². The van der Waals surface area contributed by atoms with E-state index in [4.69, 9.17) is 4.42 Å². The second kappa shape index (κ2) is 3.62. The molecule has 1 aromatic heterocycles. The van der Waals surface area contributed by atoms with Gasteiger partial charge < -0.3 is 4.42 Å². The number of fused-ring (bicyclic) bond motifs is 1. The van der Waals surface area contributed by atoms with E-state index in [0.29, 0.717) is 0 Å². The van der Waals surface area contributed by atoms with Crippen LogP contribution in [0.3, 0.4) is 0 Å². The van der Waals surface area contributed by atoms with Crippen LogP contribution in [0.15, 0.2) is 27.1 Å². The van der Waals surface area contributed by atoms with Crippen LogP contribution < -0.4 is 10.6 Å². The van der Waals surface area contributed by atoms with Crippen molar-refractivity contribution in [1.29, 1.82) is 0 Å². The maximum atomic E-state index is 5.70. The molecule has 0 bridgehead atoms. The summed E-state index contributed by atoms with van der Waals surface area (Å²) in [7, 11) is 0. The molecule has 0 aliphatic heterocycles. The van der Waals surface area contributed by atoms with Gasteiger partial charge in [-0.25, -0.2) is 0 Å². The number of rotatable bonds is 0. The van der Waals surface area contributed by atoms with Crippen molar-refractivity contribution >= 4 is 39.1 Å². The Kier molecular flexibility index (Phi) is 2.46. The minimum Gasteiger partial charge on any atom is -0.456 e. The summed E-state index contributed by atoms with van der Waals surface area (Å²) in [6, 6.07) is 6.00. The fourth-order valence-corrected chi connectivity index (χ4v) is 2.21. The number of halogens is 1. The summed E-state index contributed by atoms with van der Waals surface area (Å²) >= 11 is 3.54. The molecule has 14 heavy (non-hydrogen) atoms. The Morgan fingerprint density at radius 1 is 1.21 bits per heavy atom. The molecule has 2 rings (SSSR count). The fraction of sp³-hybridized carbons (Fsp3) is 0.167. The first-order valence-electron chi connectivity index (χ1n) is 4.57. The van der Waals surface area contributed by atoms with E-state index in [-0.39, 0.29) is 0 Å². The van der Waals surface area contributed by atoms with E-state index in [1.54, 1.807) is 0 Å². The molecule has 1 nitrogen and oxygen atoms in total. The molecule has 0 radical (unpaired) electrons. The van der Waals surface area contributed by atoms with Crippen molar-refractivity contribution in [3.8, 4) is 0 Å². The molecule has 0 spiro atoms. The maximum Gasteiger partial charge on any atom is 0.136 e.